The molecule has 87 valence electrons. The van der Waals surface area contributed by atoms with Gasteiger partial charge in [0.15, 0.2) is 0 Å². The summed E-state index contributed by atoms with van der Waals surface area (Å²) in [6.07, 6.45) is 1.68. The normalized spacial score (nSPS) is 18.7. The Morgan fingerprint density at radius 3 is 2.33 bits per heavy atom. The van der Waals surface area contributed by atoms with Crippen LogP contribution in [0.3, 0.4) is 0 Å². The molecule has 1 aliphatic heterocycles. The van der Waals surface area contributed by atoms with Crippen molar-refractivity contribution in [3.8, 4) is 0 Å². The molecule has 0 aromatic carbocycles. The zero-order valence-corrected chi connectivity index (χ0v) is 10.1. The Hall–Kier alpha value is -0.770. The van der Waals surface area contributed by atoms with E-state index in [2.05, 4.69) is 5.32 Å². The maximum absolute atomic E-state index is 11.7. The average molecular weight is 213 g/mol. The summed E-state index contributed by atoms with van der Waals surface area (Å²) in [4.78, 5) is 13.4. The first-order valence-corrected chi connectivity index (χ1v) is 5.49. The van der Waals surface area contributed by atoms with Crippen LogP contribution in [0.5, 0.6) is 0 Å². The zero-order valence-electron chi connectivity index (χ0n) is 10.1. The third kappa shape index (κ3) is 4.08. The van der Waals surface area contributed by atoms with E-state index in [0.717, 1.165) is 25.9 Å². The fourth-order valence-corrected chi connectivity index (χ4v) is 1.61. The highest BCUT2D eigenvalue weighted by Gasteiger charge is 2.26. The van der Waals surface area contributed by atoms with Gasteiger partial charge in [0, 0.05) is 26.2 Å². The van der Waals surface area contributed by atoms with Gasteiger partial charge in [-0.05, 0) is 33.6 Å². The fourth-order valence-electron chi connectivity index (χ4n) is 1.61. The van der Waals surface area contributed by atoms with Crippen LogP contribution in [-0.4, -0.2) is 42.8 Å². The van der Waals surface area contributed by atoms with Crippen molar-refractivity contribution in [2.24, 2.45) is 0 Å². The molecule has 0 unspecified atom stereocenters. The number of amides is 1. The van der Waals surface area contributed by atoms with Crippen LogP contribution in [-0.2, 0) is 4.74 Å². The van der Waals surface area contributed by atoms with Crippen LogP contribution in [0, 0.1) is 0 Å². The second-order valence-corrected chi connectivity index (χ2v) is 4.99. The van der Waals surface area contributed by atoms with E-state index in [4.69, 9.17) is 4.74 Å². The van der Waals surface area contributed by atoms with Crippen molar-refractivity contribution in [3.63, 3.8) is 0 Å². The minimum absolute atomic E-state index is 0.227. The highest BCUT2D eigenvalue weighted by atomic mass is 16.6. The number of hydrogen-bond acceptors (Lipinski definition) is 2. The minimum atomic E-state index is -0.412. The Bertz CT molecular complexity index is 217. The van der Waals surface area contributed by atoms with Gasteiger partial charge in [-0.25, -0.2) is 10.1 Å². The fraction of sp³-hybridized carbons (Fsp3) is 0.909. The molecule has 1 heterocycles. The van der Waals surface area contributed by atoms with Crippen LogP contribution in [0.15, 0.2) is 0 Å². The van der Waals surface area contributed by atoms with E-state index < -0.39 is 5.60 Å². The predicted molar refractivity (Wildman–Crippen MR) is 58.9 cm³/mol. The second kappa shape index (κ2) is 4.84. The van der Waals surface area contributed by atoms with Gasteiger partial charge in [-0.2, -0.15) is 0 Å². The number of piperidine rings is 1. The van der Waals surface area contributed by atoms with Crippen molar-refractivity contribution in [3.05, 3.63) is 0 Å². The maximum atomic E-state index is 11.7. The molecule has 0 aromatic heterocycles. The Morgan fingerprint density at radius 1 is 1.33 bits per heavy atom. The van der Waals surface area contributed by atoms with Gasteiger partial charge in [0.1, 0.15) is 5.60 Å². The van der Waals surface area contributed by atoms with E-state index in [1.165, 1.54) is 0 Å². The lowest BCUT2D eigenvalue weighted by Crippen LogP contribution is -2.44. The van der Waals surface area contributed by atoms with Crippen LogP contribution >= 0.6 is 0 Å². The van der Waals surface area contributed by atoms with Crippen molar-refractivity contribution >= 4 is 6.09 Å². The SMILES string of the molecule is CN(C(=O)OC(C)(C)C)C1CC[N]CC1. The van der Waals surface area contributed by atoms with E-state index in [1.807, 2.05) is 27.8 Å². The highest BCUT2D eigenvalue weighted by Crippen LogP contribution is 2.15. The van der Waals surface area contributed by atoms with Crippen molar-refractivity contribution < 1.29 is 9.53 Å². The summed E-state index contributed by atoms with van der Waals surface area (Å²) >= 11 is 0. The summed E-state index contributed by atoms with van der Waals surface area (Å²) in [6.45, 7) is 7.37. The Labute approximate surface area is 92.0 Å². The molecule has 0 aromatic rings. The summed E-state index contributed by atoms with van der Waals surface area (Å²) in [7, 11) is 1.81. The Morgan fingerprint density at radius 2 is 1.87 bits per heavy atom. The summed E-state index contributed by atoms with van der Waals surface area (Å²) in [5.41, 5.74) is -0.412. The van der Waals surface area contributed by atoms with Crippen molar-refractivity contribution in [2.75, 3.05) is 20.1 Å². The molecule has 0 N–H and O–H groups in total. The van der Waals surface area contributed by atoms with Crippen molar-refractivity contribution in [2.45, 2.75) is 45.3 Å². The third-order valence-corrected chi connectivity index (χ3v) is 2.47. The van der Waals surface area contributed by atoms with Gasteiger partial charge in [0.25, 0.3) is 0 Å². The third-order valence-electron chi connectivity index (χ3n) is 2.47. The molecule has 0 aliphatic carbocycles. The van der Waals surface area contributed by atoms with Gasteiger partial charge in [0.2, 0.25) is 0 Å². The van der Waals surface area contributed by atoms with Crippen LogP contribution in [0.25, 0.3) is 0 Å². The summed E-state index contributed by atoms with van der Waals surface area (Å²) in [5.74, 6) is 0. The van der Waals surface area contributed by atoms with Crippen LogP contribution < -0.4 is 5.32 Å². The lowest BCUT2D eigenvalue weighted by Gasteiger charge is -2.32. The van der Waals surface area contributed by atoms with Crippen molar-refractivity contribution in [1.82, 2.24) is 10.2 Å². The van der Waals surface area contributed by atoms with Gasteiger partial charge in [0.05, 0.1) is 0 Å². The maximum Gasteiger partial charge on any atom is 0.410 e. The van der Waals surface area contributed by atoms with E-state index in [9.17, 15) is 4.79 Å². The van der Waals surface area contributed by atoms with Gasteiger partial charge in [-0.1, -0.05) is 0 Å². The molecule has 1 saturated heterocycles. The number of carbonyl (C=O) groups excluding carboxylic acids is 1. The van der Waals surface area contributed by atoms with Crippen LogP contribution in [0.4, 0.5) is 4.79 Å². The average Bonchev–Trinajstić information content (AvgIpc) is 2.15. The first-order chi connectivity index (χ1) is 6.90. The van der Waals surface area contributed by atoms with E-state index in [0.29, 0.717) is 0 Å². The first-order valence-electron chi connectivity index (χ1n) is 5.49. The lowest BCUT2D eigenvalue weighted by atomic mass is 10.1. The smallest absolute Gasteiger partial charge is 0.410 e. The lowest BCUT2D eigenvalue weighted by molar-refractivity contribution is 0.0194. The summed E-state index contributed by atoms with van der Waals surface area (Å²) < 4.78 is 5.31. The monoisotopic (exact) mass is 213 g/mol. The molecule has 1 rings (SSSR count). The Kier molecular flexibility index (Phi) is 3.97. The topological polar surface area (TPSA) is 43.6 Å². The van der Waals surface area contributed by atoms with Gasteiger partial charge in [-0.15, -0.1) is 0 Å². The molecule has 0 bridgehead atoms. The molecule has 15 heavy (non-hydrogen) atoms. The standard InChI is InChI=1S/C11H21N2O2/c1-11(2,3)15-10(14)13(4)9-5-7-12-8-6-9/h9H,5-8H2,1-4H3. The van der Waals surface area contributed by atoms with Crippen LogP contribution in [0.2, 0.25) is 0 Å². The molecule has 0 saturated carbocycles. The number of rotatable bonds is 1. The van der Waals surface area contributed by atoms with Crippen molar-refractivity contribution in [1.29, 1.82) is 0 Å². The number of ether oxygens (including phenoxy) is 1. The molecule has 1 radical (unpaired) electrons. The van der Waals surface area contributed by atoms with Crippen LogP contribution in [0.1, 0.15) is 33.6 Å². The summed E-state index contributed by atoms with van der Waals surface area (Å²) in [6, 6.07) is 0.289. The zero-order chi connectivity index (χ0) is 11.5. The predicted octanol–water partition coefficient (Wildman–Crippen LogP) is 1.62. The van der Waals surface area contributed by atoms with Gasteiger partial charge < -0.3 is 9.64 Å². The highest BCUT2D eigenvalue weighted by molar-refractivity contribution is 5.68. The second-order valence-electron chi connectivity index (χ2n) is 4.99. The quantitative estimate of drug-likeness (QED) is 0.664. The van der Waals surface area contributed by atoms with E-state index in [-0.39, 0.29) is 12.1 Å². The number of nitrogens with zero attached hydrogens (tertiary/aromatic N) is 2. The van der Waals surface area contributed by atoms with E-state index in [1.54, 1.807) is 4.90 Å². The molecule has 1 amide bonds. The number of hydrogen-bond donors (Lipinski definition) is 0. The molecule has 0 spiro atoms. The molecule has 4 nitrogen and oxygen atoms in total. The minimum Gasteiger partial charge on any atom is -0.444 e. The van der Waals surface area contributed by atoms with Gasteiger partial charge >= 0.3 is 6.09 Å². The first kappa shape index (κ1) is 12.3. The number of carbonyl (C=O) groups is 1. The largest absolute Gasteiger partial charge is 0.444 e. The molecule has 0 atom stereocenters. The van der Waals surface area contributed by atoms with E-state index >= 15 is 0 Å². The van der Waals surface area contributed by atoms with Gasteiger partial charge in [-0.3, -0.25) is 0 Å². The summed E-state index contributed by atoms with van der Waals surface area (Å²) in [5, 5.41) is 4.26. The molecular weight excluding hydrogens is 192 g/mol. The Balaban J connectivity index is 2.44. The molecular formula is C11H21N2O2. The molecule has 4 heteroatoms. The molecule has 1 fully saturated rings. The molecule has 1 aliphatic rings.